The fraction of sp³-hybridized carbons (Fsp3) is 0.250. The van der Waals surface area contributed by atoms with Crippen molar-refractivity contribution in [3.63, 3.8) is 0 Å². The summed E-state index contributed by atoms with van der Waals surface area (Å²) in [6.07, 6.45) is 4.89. The van der Waals surface area contributed by atoms with Gasteiger partial charge in [0.15, 0.2) is 0 Å². The van der Waals surface area contributed by atoms with E-state index in [1.165, 1.54) is 6.20 Å². The van der Waals surface area contributed by atoms with Gasteiger partial charge in [-0.1, -0.05) is 6.08 Å². The van der Waals surface area contributed by atoms with Gasteiger partial charge in [-0.25, -0.2) is 4.98 Å². The molecule has 4 aromatic heterocycles. The molecule has 10 nitrogen and oxygen atoms in total. The Bertz CT molecular complexity index is 1320. The minimum atomic E-state index is -0.457. The molecular weight excluding hydrogens is 388 g/mol. The highest BCUT2D eigenvalue weighted by molar-refractivity contribution is 5.92. The van der Waals surface area contributed by atoms with Crippen LogP contribution in [0.1, 0.15) is 33.8 Å². The van der Waals surface area contributed by atoms with Crippen molar-refractivity contribution in [1.29, 1.82) is 0 Å². The number of fused-ring (bicyclic) bond motifs is 1. The number of aromatic nitrogens is 5. The molecular formula is C20H20N6O4. The number of amides is 1. The number of hydrogen-bond donors (Lipinski definition) is 1. The summed E-state index contributed by atoms with van der Waals surface area (Å²) in [6.45, 7) is 9.43. The molecule has 1 amide bonds. The molecule has 0 aliphatic heterocycles. The first-order chi connectivity index (χ1) is 14.4. The first-order valence-corrected chi connectivity index (χ1v) is 9.25. The number of nitrogens with one attached hydrogen (secondary N) is 1. The van der Waals surface area contributed by atoms with Gasteiger partial charge >= 0.3 is 0 Å². The standard InChI is InChI=1S/C20H20N6O4/c1-5-6-26-16(14-7-11(2)29-12(14)3)10-25-9-15(22-18(25)20(26)28)19(27)21-8-17-24-23-13(4)30-17/h5,7,9-10H,1,6,8H2,2-4H3,(H,21,27). The molecule has 0 atom stereocenters. The molecule has 0 aliphatic carbocycles. The van der Waals surface area contributed by atoms with E-state index < -0.39 is 5.91 Å². The van der Waals surface area contributed by atoms with Crippen LogP contribution in [0.15, 0.2) is 44.7 Å². The van der Waals surface area contributed by atoms with Crippen molar-refractivity contribution in [3.8, 4) is 11.3 Å². The molecule has 0 saturated carbocycles. The molecule has 4 rings (SSSR count). The molecule has 10 heteroatoms. The molecule has 4 aromatic rings. The Labute approximate surface area is 170 Å². The molecule has 0 fully saturated rings. The Morgan fingerprint density at radius 2 is 2.03 bits per heavy atom. The number of carbonyl (C=O) groups excluding carboxylic acids is 1. The Morgan fingerprint density at radius 3 is 2.67 bits per heavy atom. The summed E-state index contributed by atoms with van der Waals surface area (Å²) in [4.78, 5) is 29.8. The monoisotopic (exact) mass is 408 g/mol. The number of carbonyl (C=O) groups is 1. The van der Waals surface area contributed by atoms with Gasteiger partial charge in [-0.3, -0.25) is 18.6 Å². The van der Waals surface area contributed by atoms with Crippen LogP contribution in [-0.4, -0.2) is 30.1 Å². The van der Waals surface area contributed by atoms with E-state index >= 15 is 0 Å². The van der Waals surface area contributed by atoms with Gasteiger partial charge in [0.1, 0.15) is 17.2 Å². The lowest BCUT2D eigenvalue weighted by atomic mass is 10.2. The Balaban J connectivity index is 1.74. The van der Waals surface area contributed by atoms with Gasteiger partial charge in [-0.05, 0) is 19.9 Å². The number of aryl methyl sites for hydroxylation is 3. The second-order valence-corrected chi connectivity index (χ2v) is 6.80. The third-order valence-electron chi connectivity index (χ3n) is 4.55. The van der Waals surface area contributed by atoms with Gasteiger partial charge in [-0.15, -0.1) is 16.8 Å². The predicted molar refractivity (Wildman–Crippen MR) is 107 cm³/mol. The largest absolute Gasteiger partial charge is 0.466 e. The summed E-state index contributed by atoms with van der Waals surface area (Å²) in [7, 11) is 0. The number of nitrogens with zero attached hydrogens (tertiary/aromatic N) is 5. The van der Waals surface area contributed by atoms with Gasteiger partial charge in [0.2, 0.25) is 17.4 Å². The molecule has 0 bridgehead atoms. The number of rotatable bonds is 6. The lowest BCUT2D eigenvalue weighted by Crippen LogP contribution is -2.24. The first kappa shape index (κ1) is 19.4. The number of hydrogen-bond acceptors (Lipinski definition) is 7. The highest BCUT2D eigenvalue weighted by atomic mass is 16.4. The smallest absolute Gasteiger partial charge is 0.295 e. The number of imidazole rings is 1. The maximum absolute atomic E-state index is 13.1. The topological polar surface area (TPSA) is 120 Å². The van der Waals surface area contributed by atoms with E-state index in [9.17, 15) is 9.59 Å². The highest BCUT2D eigenvalue weighted by Crippen LogP contribution is 2.26. The Hall–Kier alpha value is -3.95. The van der Waals surface area contributed by atoms with E-state index in [0.717, 1.165) is 11.3 Å². The van der Waals surface area contributed by atoms with Crippen molar-refractivity contribution in [2.24, 2.45) is 0 Å². The van der Waals surface area contributed by atoms with E-state index in [0.29, 0.717) is 23.9 Å². The zero-order chi connectivity index (χ0) is 21.4. The van der Waals surface area contributed by atoms with Crippen molar-refractivity contribution in [3.05, 3.63) is 70.5 Å². The van der Waals surface area contributed by atoms with Gasteiger partial charge in [-0.2, -0.15) is 0 Å². The lowest BCUT2D eigenvalue weighted by molar-refractivity contribution is 0.0942. The molecule has 0 aromatic carbocycles. The van der Waals surface area contributed by atoms with Crippen LogP contribution >= 0.6 is 0 Å². The van der Waals surface area contributed by atoms with Crippen LogP contribution in [0.5, 0.6) is 0 Å². The lowest BCUT2D eigenvalue weighted by Gasteiger charge is -2.11. The van der Waals surface area contributed by atoms with Gasteiger partial charge in [0.05, 0.1) is 12.2 Å². The molecule has 1 N–H and O–H groups in total. The zero-order valence-electron chi connectivity index (χ0n) is 16.8. The fourth-order valence-electron chi connectivity index (χ4n) is 3.26. The van der Waals surface area contributed by atoms with E-state index in [1.54, 1.807) is 28.2 Å². The average Bonchev–Trinajstić information content (AvgIpc) is 3.40. The average molecular weight is 408 g/mol. The summed E-state index contributed by atoms with van der Waals surface area (Å²) in [5.41, 5.74) is 1.34. The van der Waals surface area contributed by atoms with Crippen LogP contribution in [0.4, 0.5) is 0 Å². The summed E-state index contributed by atoms with van der Waals surface area (Å²) >= 11 is 0. The van der Waals surface area contributed by atoms with Crippen LogP contribution in [0.25, 0.3) is 16.9 Å². The molecule has 0 spiro atoms. The molecule has 0 aliphatic rings. The maximum atomic E-state index is 13.1. The summed E-state index contributed by atoms with van der Waals surface area (Å²) in [5, 5.41) is 10.2. The van der Waals surface area contributed by atoms with Crippen LogP contribution in [-0.2, 0) is 13.1 Å². The van der Waals surface area contributed by atoms with Crippen LogP contribution < -0.4 is 10.9 Å². The summed E-state index contributed by atoms with van der Waals surface area (Å²) < 4.78 is 14.0. The van der Waals surface area contributed by atoms with E-state index in [2.05, 4.69) is 27.1 Å². The SMILES string of the molecule is C=CCn1c(-c2cc(C)oc2C)cn2cc(C(=O)NCc3nnc(C)o3)nc2c1=O. The predicted octanol–water partition coefficient (Wildman–Crippen LogP) is 2.18. The van der Waals surface area contributed by atoms with Crippen molar-refractivity contribution < 1.29 is 13.6 Å². The van der Waals surface area contributed by atoms with Gasteiger partial charge in [0, 0.05) is 31.4 Å². The van der Waals surface area contributed by atoms with Gasteiger partial charge in [0.25, 0.3) is 11.5 Å². The van der Waals surface area contributed by atoms with Crippen molar-refractivity contribution in [2.75, 3.05) is 0 Å². The quantitative estimate of drug-likeness (QED) is 0.485. The molecule has 4 heterocycles. The van der Waals surface area contributed by atoms with E-state index in [4.69, 9.17) is 8.83 Å². The van der Waals surface area contributed by atoms with E-state index in [-0.39, 0.29) is 29.3 Å². The third kappa shape index (κ3) is 3.43. The van der Waals surface area contributed by atoms with Crippen LogP contribution in [0.2, 0.25) is 0 Å². The number of allylic oxidation sites excluding steroid dienone is 1. The van der Waals surface area contributed by atoms with Crippen LogP contribution in [0.3, 0.4) is 0 Å². The molecule has 0 unspecified atom stereocenters. The Morgan fingerprint density at radius 1 is 1.23 bits per heavy atom. The zero-order valence-corrected chi connectivity index (χ0v) is 16.8. The molecule has 0 saturated heterocycles. The molecule has 30 heavy (non-hydrogen) atoms. The summed E-state index contributed by atoms with van der Waals surface area (Å²) in [5.74, 6) is 1.67. The second-order valence-electron chi connectivity index (χ2n) is 6.80. The van der Waals surface area contributed by atoms with Crippen molar-refractivity contribution in [1.82, 2.24) is 29.5 Å². The summed E-state index contributed by atoms with van der Waals surface area (Å²) in [6, 6.07) is 1.87. The van der Waals surface area contributed by atoms with Crippen LogP contribution in [0, 0.1) is 20.8 Å². The van der Waals surface area contributed by atoms with Gasteiger partial charge < -0.3 is 14.2 Å². The van der Waals surface area contributed by atoms with Crippen molar-refractivity contribution in [2.45, 2.75) is 33.9 Å². The minimum absolute atomic E-state index is 0.0625. The minimum Gasteiger partial charge on any atom is -0.466 e. The maximum Gasteiger partial charge on any atom is 0.295 e. The fourth-order valence-corrected chi connectivity index (χ4v) is 3.26. The third-order valence-corrected chi connectivity index (χ3v) is 4.55. The molecule has 0 radical (unpaired) electrons. The second kappa shape index (κ2) is 7.47. The Kier molecular flexibility index (Phi) is 4.82. The number of furan rings is 1. The van der Waals surface area contributed by atoms with Crippen molar-refractivity contribution >= 4 is 11.6 Å². The first-order valence-electron chi connectivity index (χ1n) is 9.25. The normalized spacial score (nSPS) is 11.2. The molecule has 154 valence electrons. The highest BCUT2D eigenvalue weighted by Gasteiger charge is 2.19. The van der Waals surface area contributed by atoms with E-state index in [1.807, 2.05) is 19.9 Å².